The summed E-state index contributed by atoms with van der Waals surface area (Å²) in [5.41, 5.74) is 1.33. The Hall–Kier alpha value is -2.11. The van der Waals surface area contributed by atoms with Crippen LogP contribution in [0.2, 0.25) is 5.15 Å². The topological polar surface area (TPSA) is 48.4 Å². The van der Waals surface area contributed by atoms with E-state index in [9.17, 15) is 4.79 Å². The van der Waals surface area contributed by atoms with Crippen molar-refractivity contribution in [3.05, 3.63) is 58.2 Å². The predicted octanol–water partition coefficient (Wildman–Crippen LogP) is 5.34. The summed E-state index contributed by atoms with van der Waals surface area (Å²) in [5, 5.41) is 3.04. The molecule has 1 aromatic carbocycles. The fourth-order valence-electron chi connectivity index (χ4n) is 2.20. The first-order valence-corrected chi connectivity index (χ1v) is 8.36. The zero-order chi connectivity index (χ0) is 16.2. The van der Waals surface area contributed by atoms with Gasteiger partial charge in [0.05, 0.1) is 16.9 Å². The molecule has 6 heteroatoms. The number of nitrogens with zero attached hydrogens (tertiary/aromatic N) is 1. The number of ether oxygens (including phenoxy) is 2. The van der Waals surface area contributed by atoms with Gasteiger partial charge >= 0.3 is 5.97 Å². The van der Waals surface area contributed by atoms with Gasteiger partial charge in [0.2, 0.25) is 0 Å². The number of aromatic nitrogens is 1. The molecule has 2 aromatic heterocycles. The van der Waals surface area contributed by atoms with Crippen molar-refractivity contribution < 1.29 is 14.3 Å². The highest BCUT2D eigenvalue weighted by molar-refractivity contribution is 7.17. The van der Waals surface area contributed by atoms with Crippen molar-refractivity contribution in [1.82, 2.24) is 4.98 Å². The van der Waals surface area contributed by atoms with E-state index in [-0.39, 0.29) is 13.4 Å². The van der Waals surface area contributed by atoms with Crippen molar-refractivity contribution in [1.29, 1.82) is 0 Å². The molecule has 0 bridgehead atoms. The lowest BCUT2D eigenvalue weighted by molar-refractivity contribution is 0.0528. The van der Waals surface area contributed by atoms with Gasteiger partial charge in [-0.15, -0.1) is 11.3 Å². The molecular formula is C18H18ClNO3S. The lowest BCUT2D eigenvalue weighted by Crippen LogP contribution is -2.05. The molecule has 0 fully saturated rings. The first-order chi connectivity index (χ1) is 11.2. The first-order valence-electron chi connectivity index (χ1n) is 7.10. The molecule has 0 atom stereocenters. The first kappa shape index (κ1) is 18.2. The molecule has 2 heterocycles. The van der Waals surface area contributed by atoms with Gasteiger partial charge in [0.25, 0.3) is 0 Å². The number of rotatable bonds is 5. The molecule has 3 aromatic rings. The molecule has 24 heavy (non-hydrogen) atoms. The largest absolute Gasteiger partial charge is 0.489 e. The van der Waals surface area contributed by atoms with Crippen LogP contribution < -0.4 is 4.74 Å². The molecule has 0 N–H and O–H groups in total. The minimum absolute atomic E-state index is 0. The van der Waals surface area contributed by atoms with Gasteiger partial charge in [-0.3, -0.25) is 0 Å². The van der Waals surface area contributed by atoms with Crippen LogP contribution in [0.25, 0.3) is 10.1 Å². The van der Waals surface area contributed by atoms with E-state index in [0.717, 1.165) is 21.4 Å². The van der Waals surface area contributed by atoms with Crippen LogP contribution in [0.5, 0.6) is 5.75 Å². The van der Waals surface area contributed by atoms with E-state index in [1.165, 1.54) is 17.5 Å². The Morgan fingerprint density at radius 3 is 2.75 bits per heavy atom. The highest BCUT2D eigenvalue weighted by Crippen LogP contribution is 2.34. The van der Waals surface area contributed by atoms with Crippen LogP contribution in [0.3, 0.4) is 0 Å². The van der Waals surface area contributed by atoms with Crippen molar-refractivity contribution in [2.24, 2.45) is 0 Å². The van der Waals surface area contributed by atoms with Crippen molar-refractivity contribution in [2.45, 2.75) is 21.0 Å². The summed E-state index contributed by atoms with van der Waals surface area (Å²) in [4.78, 5) is 16.1. The lowest BCUT2D eigenvalue weighted by atomic mass is 10.2. The highest BCUT2D eigenvalue weighted by atomic mass is 35.5. The summed E-state index contributed by atoms with van der Waals surface area (Å²) in [5.74, 6) is 0.386. The number of thiophene rings is 1. The molecule has 0 saturated carbocycles. The molecule has 4 nitrogen and oxygen atoms in total. The van der Waals surface area contributed by atoms with Crippen LogP contribution in [-0.4, -0.2) is 17.6 Å². The fraction of sp³-hybridized carbons (Fsp3) is 0.222. The summed E-state index contributed by atoms with van der Waals surface area (Å²) < 4.78 is 11.6. The molecule has 0 spiro atoms. The molecule has 0 aliphatic carbocycles. The van der Waals surface area contributed by atoms with Crippen LogP contribution in [0, 0.1) is 0 Å². The fourth-order valence-corrected chi connectivity index (χ4v) is 3.58. The molecule has 3 rings (SSSR count). The predicted molar refractivity (Wildman–Crippen MR) is 98.1 cm³/mol. The van der Waals surface area contributed by atoms with Gasteiger partial charge in [0, 0.05) is 17.1 Å². The van der Waals surface area contributed by atoms with E-state index >= 15 is 0 Å². The number of fused-ring (bicyclic) bond motifs is 1. The third kappa shape index (κ3) is 3.68. The molecule has 0 aliphatic heterocycles. The van der Waals surface area contributed by atoms with Crippen LogP contribution >= 0.6 is 22.9 Å². The average molecular weight is 364 g/mol. The molecule has 0 aliphatic rings. The molecule has 0 amide bonds. The van der Waals surface area contributed by atoms with E-state index in [1.54, 1.807) is 6.92 Å². The van der Waals surface area contributed by atoms with Gasteiger partial charge in [0.15, 0.2) is 0 Å². The van der Waals surface area contributed by atoms with Gasteiger partial charge in [-0.05, 0) is 24.4 Å². The van der Waals surface area contributed by atoms with E-state index < -0.39 is 0 Å². The maximum absolute atomic E-state index is 12.0. The number of esters is 1. The summed E-state index contributed by atoms with van der Waals surface area (Å²) >= 11 is 7.67. The lowest BCUT2D eigenvalue weighted by Gasteiger charge is -2.07. The average Bonchev–Trinajstić information content (AvgIpc) is 2.99. The van der Waals surface area contributed by atoms with Gasteiger partial charge in [-0.25, -0.2) is 9.78 Å². The number of pyridine rings is 1. The number of benzene rings is 1. The molecular weight excluding hydrogens is 346 g/mol. The van der Waals surface area contributed by atoms with Crippen LogP contribution in [0.15, 0.2) is 41.9 Å². The number of halogens is 1. The summed E-state index contributed by atoms with van der Waals surface area (Å²) in [7, 11) is 0. The number of hydrogen-bond acceptors (Lipinski definition) is 5. The quantitative estimate of drug-likeness (QED) is 0.453. The molecule has 0 unspecified atom stereocenters. The Morgan fingerprint density at radius 1 is 1.29 bits per heavy atom. The third-order valence-corrected chi connectivity index (χ3v) is 4.61. The van der Waals surface area contributed by atoms with Crippen molar-refractivity contribution in [3.63, 3.8) is 0 Å². The standard InChI is InChI=1S/C17H14ClNO3S.CH4/c1-2-21-17(20)13-8-19-16(18)14-11(10-23-15(13)14)9-22-12-6-4-3-5-7-12;/h3-8,10H,2,9H2,1H3;1H4. The van der Waals surface area contributed by atoms with E-state index in [1.807, 2.05) is 35.7 Å². The Bertz CT molecular complexity index is 833. The maximum atomic E-state index is 12.0. The van der Waals surface area contributed by atoms with Gasteiger partial charge < -0.3 is 9.47 Å². The van der Waals surface area contributed by atoms with Crippen LogP contribution in [0.4, 0.5) is 0 Å². The number of para-hydroxylation sites is 1. The van der Waals surface area contributed by atoms with E-state index in [4.69, 9.17) is 21.1 Å². The molecule has 0 saturated heterocycles. The van der Waals surface area contributed by atoms with E-state index in [2.05, 4.69) is 4.98 Å². The SMILES string of the molecule is C.CCOC(=O)c1cnc(Cl)c2c(COc3ccccc3)csc12. The molecule has 0 radical (unpaired) electrons. The second-order valence-electron chi connectivity index (χ2n) is 4.75. The van der Waals surface area contributed by atoms with Crippen molar-refractivity contribution >= 4 is 39.0 Å². The Labute approximate surface area is 150 Å². The monoisotopic (exact) mass is 363 g/mol. The van der Waals surface area contributed by atoms with Crippen molar-refractivity contribution in [2.75, 3.05) is 6.61 Å². The van der Waals surface area contributed by atoms with Gasteiger partial charge in [-0.1, -0.05) is 37.2 Å². The highest BCUT2D eigenvalue weighted by Gasteiger charge is 2.18. The second-order valence-corrected chi connectivity index (χ2v) is 5.99. The Morgan fingerprint density at radius 2 is 2.04 bits per heavy atom. The molecule has 126 valence electrons. The maximum Gasteiger partial charge on any atom is 0.341 e. The van der Waals surface area contributed by atoms with Crippen molar-refractivity contribution in [3.8, 4) is 5.75 Å². The summed E-state index contributed by atoms with van der Waals surface area (Å²) in [6.45, 7) is 2.45. The Balaban J connectivity index is 0.00000208. The van der Waals surface area contributed by atoms with Gasteiger partial charge in [0.1, 0.15) is 17.5 Å². The summed E-state index contributed by atoms with van der Waals surface area (Å²) in [6.07, 6.45) is 1.46. The van der Waals surface area contributed by atoms with Gasteiger partial charge in [-0.2, -0.15) is 0 Å². The zero-order valence-corrected chi connectivity index (χ0v) is 14.0. The summed E-state index contributed by atoms with van der Waals surface area (Å²) in [6, 6.07) is 9.53. The number of carbonyl (C=O) groups is 1. The minimum atomic E-state index is -0.390. The van der Waals surface area contributed by atoms with Crippen LogP contribution in [-0.2, 0) is 11.3 Å². The van der Waals surface area contributed by atoms with E-state index in [0.29, 0.717) is 23.9 Å². The van der Waals surface area contributed by atoms with Crippen LogP contribution in [0.1, 0.15) is 30.3 Å². The minimum Gasteiger partial charge on any atom is -0.489 e. The third-order valence-electron chi connectivity index (χ3n) is 3.26. The zero-order valence-electron chi connectivity index (χ0n) is 12.4. The smallest absolute Gasteiger partial charge is 0.341 e. The number of hydrogen-bond donors (Lipinski definition) is 0. The Kier molecular flexibility index (Phi) is 6.17. The second kappa shape index (κ2) is 8.13. The number of carbonyl (C=O) groups excluding carboxylic acids is 1. The normalized spacial score (nSPS) is 10.2.